The average molecular weight is 323 g/mol. The highest BCUT2D eigenvalue weighted by molar-refractivity contribution is 9.10. The van der Waals surface area contributed by atoms with E-state index in [1.165, 1.54) is 12.1 Å². The van der Waals surface area contributed by atoms with Gasteiger partial charge in [-0.2, -0.15) is 8.78 Å². The van der Waals surface area contributed by atoms with E-state index in [1.807, 2.05) is 0 Å². The highest BCUT2D eigenvalue weighted by Crippen LogP contribution is 2.18. The van der Waals surface area contributed by atoms with Crippen LogP contribution in [0.15, 0.2) is 24.3 Å². The number of carbonyl (C=O) groups excluding carboxylic acids is 1. The minimum Gasteiger partial charge on any atom is -0.465 e. The Hall–Kier alpha value is -1.17. The van der Waals surface area contributed by atoms with Gasteiger partial charge >= 0.3 is 12.6 Å². The fraction of sp³-hybridized carbons (Fsp3) is 0.417. The van der Waals surface area contributed by atoms with Gasteiger partial charge in [-0.25, -0.2) is 0 Å². The quantitative estimate of drug-likeness (QED) is 0.596. The summed E-state index contributed by atoms with van der Waals surface area (Å²) in [5.74, 6) is -0.249. The molecule has 0 N–H and O–H groups in total. The van der Waals surface area contributed by atoms with Crippen molar-refractivity contribution in [3.05, 3.63) is 29.8 Å². The fourth-order valence-electron chi connectivity index (χ4n) is 1.33. The second-order valence-corrected chi connectivity index (χ2v) is 4.55. The molecule has 18 heavy (non-hydrogen) atoms. The summed E-state index contributed by atoms with van der Waals surface area (Å²) >= 11 is 3.21. The first-order chi connectivity index (χ1) is 8.52. The zero-order chi connectivity index (χ0) is 13.5. The van der Waals surface area contributed by atoms with Crippen LogP contribution in [-0.4, -0.2) is 24.0 Å². The Bertz CT molecular complexity index is 381. The summed E-state index contributed by atoms with van der Waals surface area (Å²) in [6.45, 7) is -0.782. The lowest BCUT2D eigenvalue weighted by molar-refractivity contribution is -0.142. The molecule has 100 valence electrons. The van der Waals surface area contributed by atoms with Gasteiger partial charge in [-0.1, -0.05) is 28.1 Å². The number of ether oxygens (including phenoxy) is 2. The van der Waals surface area contributed by atoms with E-state index in [0.717, 1.165) is 5.56 Å². The number of alkyl halides is 3. The summed E-state index contributed by atoms with van der Waals surface area (Å²) < 4.78 is 32.9. The van der Waals surface area contributed by atoms with E-state index in [9.17, 15) is 13.6 Å². The molecular weight excluding hydrogens is 310 g/mol. The van der Waals surface area contributed by atoms with Crippen molar-refractivity contribution in [2.45, 2.75) is 24.8 Å². The first kappa shape index (κ1) is 14.9. The Morgan fingerprint density at radius 2 is 1.94 bits per heavy atom. The van der Waals surface area contributed by atoms with Gasteiger partial charge in [-0.15, -0.1) is 0 Å². The van der Waals surface area contributed by atoms with Crippen LogP contribution in [0.2, 0.25) is 0 Å². The molecule has 0 radical (unpaired) electrons. The molecule has 0 fully saturated rings. The minimum absolute atomic E-state index is 0.0935. The summed E-state index contributed by atoms with van der Waals surface area (Å²) in [6, 6.07) is 6.13. The van der Waals surface area contributed by atoms with Gasteiger partial charge in [0.1, 0.15) is 10.6 Å². The van der Waals surface area contributed by atoms with Gasteiger partial charge in [0.05, 0.1) is 6.61 Å². The zero-order valence-electron chi connectivity index (χ0n) is 9.74. The van der Waals surface area contributed by atoms with E-state index in [4.69, 9.17) is 4.74 Å². The maximum atomic E-state index is 11.9. The predicted octanol–water partition coefficient (Wildman–Crippen LogP) is 3.16. The van der Waals surface area contributed by atoms with E-state index in [1.54, 1.807) is 19.1 Å². The number of carbonyl (C=O) groups is 1. The van der Waals surface area contributed by atoms with Gasteiger partial charge < -0.3 is 9.47 Å². The van der Waals surface area contributed by atoms with Crippen LogP contribution >= 0.6 is 15.9 Å². The van der Waals surface area contributed by atoms with E-state index in [-0.39, 0.29) is 11.7 Å². The zero-order valence-corrected chi connectivity index (χ0v) is 11.3. The molecule has 0 bridgehead atoms. The van der Waals surface area contributed by atoms with Crippen molar-refractivity contribution in [2.24, 2.45) is 0 Å². The molecule has 0 aliphatic rings. The lowest BCUT2D eigenvalue weighted by atomic mass is 10.1. The summed E-state index contributed by atoms with van der Waals surface area (Å²) in [5, 5.41) is 0. The highest BCUT2D eigenvalue weighted by Gasteiger charge is 2.16. The summed E-state index contributed by atoms with van der Waals surface area (Å²) in [7, 11) is 0. The van der Waals surface area contributed by atoms with Gasteiger partial charge in [0.25, 0.3) is 0 Å². The van der Waals surface area contributed by atoms with Crippen LogP contribution in [-0.2, 0) is 16.0 Å². The third-order valence-corrected chi connectivity index (χ3v) is 2.80. The Morgan fingerprint density at radius 1 is 1.33 bits per heavy atom. The molecule has 1 aromatic carbocycles. The van der Waals surface area contributed by atoms with Crippen molar-refractivity contribution < 1.29 is 23.0 Å². The van der Waals surface area contributed by atoms with E-state index >= 15 is 0 Å². The van der Waals surface area contributed by atoms with Crippen molar-refractivity contribution in [1.82, 2.24) is 0 Å². The number of hydrogen-bond acceptors (Lipinski definition) is 3. The summed E-state index contributed by atoms with van der Waals surface area (Å²) in [4.78, 5) is 10.9. The number of rotatable bonds is 6. The molecule has 1 rings (SSSR count). The lowest BCUT2D eigenvalue weighted by Gasteiger charge is -2.09. The second kappa shape index (κ2) is 7.31. The largest absolute Gasteiger partial charge is 0.465 e. The molecule has 0 heterocycles. The first-order valence-corrected chi connectivity index (χ1v) is 6.29. The Kier molecular flexibility index (Phi) is 6.04. The van der Waals surface area contributed by atoms with Gasteiger partial charge in [0.15, 0.2) is 0 Å². The van der Waals surface area contributed by atoms with Crippen LogP contribution in [0.25, 0.3) is 0 Å². The Morgan fingerprint density at radius 3 is 2.44 bits per heavy atom. The summed E-state index contributed by atoms with van der Waals surface area (Å²) in [5.41, 5.74) is 0.826. The molecule has 6 heteroatoms. The van der Waals surface area contributed by atoms with Crippen LogP contribution in [0.3, 0.4) is 0 Å². The van der Waals surface area contributed by atoms with Crippen molar-refractivity contribution in [3.8, 4) is 5.75 Å². The molecule has 3 nitrogen and oxygen atoms in total. The second-order valence-electron chi connectivity index (χ2n) is 3.45. The highest BCUT2D eigenvalue weighted by atomic mass is 79.9. The molecule has 0 aliphatic heterocycles. The van der Waals surface area contributed by atoms with Crippen molar-refractivity contribution >= 4 is 21.9 Å². The summed E-state index contributed by atoms with van der Waals surface area (Å²) in [6.07, 6.45) is 0.424. The van der Waals surface area contributed by atoms with Crippen LogP contribution in [0.1, 0.15) is 12.5 Å². The van der Waals surface area contributed by atoms with Crippen molar-refractivity contribution in [1.29, 1.82) is 0 Å². The maximum absolute atomic E-state index is 11.9. The predicted molar refractivity (Wildman–Crippen MR) is 66.1 cm³/mol. The monoisotopic (exact) mass is 322 g/mol. The first-order valence-electron chi connectivity index (χ1n) is 5.37. The van der Waals surface area contributed by atoms with Crippen LogP contribution in [0.5, 0.6) is 5.75 Å². The molecule has 0 amide bonds. The number of halogens is 3. The van der Waals surface area contributed by atoms with Gasteiger partial charge in [0, 0.05) is 0 Å². The standard InChI is InChI=1S/C12H13BrF2O3/c1-2-17-11(16)10(13)7-8-3-5-9(6-4-8)18-12(14)15/h3-6,10,12H,2,7H2,1H3. The Balaban J connectivity index is 2.55. The van der Waals surface area contributed by atoms with E-state index in [0.29, 0.717) is 13.0 Å². The molecule has 0 saturated carbocycles. The van der Waals surface area contributed by atoms with Crippen molar-refractivity contribution in [3.63, 3.8) is 0 Å². The van der Waals surface area contributed by atoms with Crippen molar-refractivity contribution in [2.75, 3.05) is 6.61 Å². The SMILES string of the molecule is CCOC(=O)C(Br)Cc1ccc(OC(F)F)cc1. The van der Waals surface area contributed by atoms with E-state index in [2.05, 4.69) is 20.7 Å². The van der Waals surface area contributed by atoms with Crippen LogP contribution < -0.4 is 4.74 Å². The number of benzene rings is 1. The minimum atomic E-state index is -2.83. The fourth-order valence-corrected chi connectivity index (χ4v) is 1.84. The number of hydrogen-bond donors (Lipinski definition) is 0. The smallest absolute Gasteiger partial charge is 0.387 e. The third-order valence-electron chi connectivity index (χ3n) is 2.11. The normalized spacial score (nSPS) is 12.3. The topological polar surface area (TPSA) is 35.5 Å². The van der Waals surface area contributed by atoms with Gasteiger partial charge in [0.2, 0.25) is 0 Å². The lowest BCUT2D eigenvalue weighted by Crippen LogP contribution is -2.19. The molecule has 1 unspecified atom stereocenters. The molecule has 1 aromatic rings. The average Bonchev–Trinajstić information content (AvgIpc) is 2.31. The van der Waals surface area contributed by atoms with Crippen LogP contribution in [0, 0.1) is 0 Å². The maximum Gasteiger partial charge on any atom is 0.387 e. The molecule has 0 aliphatic carbocycles. The Labute approximate surface area is 112 Å². The van der Waals surface area contributed by atoms with Gasteiger partial charge in [-0.05, 0) is 31.0 Å². The number of esters is 1. The molecular formula is C12H13BrF2O3. The third kappa shape index (κ3) is 5.00. The van der Waals surface area contributed by atoms with Crippen LogP contribution in [0.4, 0.5) is 8.78 Å². The molecule has 1 atom stereocenters. The molecule has 0 spiro atoms. The molecule has 0 saturated heterocycles. The van der Waals surface area contributed by atoms with Gasteiger partial charge in [-0.3, -0.25) is 4.79 Å². The van der Waals surface area contributed by atoms with E-state index < -0.39 is 11.4 Å². The molecule has 0 aromatic heterocycles.